The number of carbonyl (C=O) groups excluding carboxylic acids is 1. The Morgan fingerprint density at radius 1 is 1.37 bits per heavy atom. The minimum absolute atomic E-state index is 0.188. The van der Waals surface area contributed by atoms with E-state index in [2.05, 4.69) is 15.5 Å². The molecule has 2 amide bonds. The highest BCUT2D eigenvalue weighted by atomic mass is 16.4. The van der Waals surface area contributed by atoms with Crippen molar-refractivity contribution in [3.05, 3.63) is 0 Å². The number of likely N-dealkylation sites (N-methyl/N-ethyl adjacent to an activating group) is 1. The number of carboxylic acids is 1. The Morgan fingerprint density at radius 3 is 2.37 bits per heavy atom. The molecule has 0 radical (unpaired) electrons. The first-order valence-electron chi connectivity index (χ1n) is 6.50. The normalized spacial score (nSPS) is 19.6. The number of rotatable bonds is 7. The Bertz CT molecular complexity index is 331. The summed E-state index contributed by atoms with van der Waals surface area (Å²) in [5.74, 6) is -1.26. The maximum Gasteiger partial charge on any atom is 0.328 e. The van der Waals surface area contributed by atoms with E-state index in [-0.39, 0.29) is 6.04 Å². The third-order valence-electron chi connectivity index (χ3n) is 3.41. The quantitative estimate of drug-likeness (QED) is 0.505. The molecule has 1 aliphatic carbocycles. The molecule has 7 nitrogen and oxygen atoms in total. The van der Waals surface area contributed by atoms with Crippen LogP contribution in [0.5, 0.6) is 0 Å². The van der Waals surface area contributed by atoms with Crippen molar-refractivity contribution in [2.24, 2.45) is 0 Å². The molecule has 0 aromatic heterocycles. The van der Waals surface area contributed by atoms with E-state index in [0.29, 0.717) is 12.6 Å². The largest absolute Gasteiger partial charge is 0.480 e. The number of urea groups is 1. The molecular weight excluding hydrogens is 250 g/mol. The first-order valence-corrected chi connectivity index (χ1v) is 6.50. The molecule has 1 aliphatic rings. The van der Waals surface area contributed by atoms with Crippen molar-refractivity contribution >= 4 is 12.0 Å². The van der Waals surface area contributed by atoms with Crippen LogP contribution in [0.25, 0.3) is 0 Å². The highest BCUT2D eigenvalue weighted by Crippen LogP contribution is 2.26. The number of nitrogens with one attached hydrogen (secondary N) is 2. The Hall–Kier alpha value is -1.34. The number of amides is 2. The van der Waals surface area contributed by atoms with Crippen LogP contribution in [0, 0.1) is 0 Å². The van der Waals surface area contributed by atoms with E-state index in [4.69, 9.17) is 5.11 Å². The lowest BCUT2D eigenvalue weighted by Crippen LogP contribution is -2.53. The van der Waals surface area contributed by atoms with Gasteiger partial charge >= 0.3 is 12.0 Å². The van der Waals surface area contributed by atoms with Gasteiger partial charge in [-0.25, -0.2) is 9.59 Å². The molecule has 0 aromatic carbocycles. The molecule has 0 aliphatic heterocycles. The second kappa shape index (κ2) is 6.72. The molecule has 1 unspecified atom stereocenters. The Labute approximate surface area is 113 Å². The molecule has 0 heterocycles. The fraction of sp³-hybridized carbons (Fsp3) is 0.833. The Kier molecular flexibility index (Phi) is 5.56. The second-order valence-electron chi connectivity index (χ2n) is 5.16. The van der Waals surface area contributed by atoms with Crippen LogP contribution in [0.3, 0.4) is 0 Å². The van der Waals surface area contributed by atoms with E-state index in [9.17, 15) is 14.7 Å². The van der Waals surface area contributed by atoms with Gasteiger partial charge in [0.2, 0.25) is 0 Å². The summed E-state index contributed by atoms with van der Waals surface area (Å²) >= 11 is 0. The zero-order valence-corrected chi connectivity index (χ0v) is 11.6. The zero-order chi connectivity index (χ0) is 14.6. The van der Waals surface area contributed by atoms with Gasteiger partial charge in [-0.1, -0.05) is 0 Å². The van der Waals surface area contributed by atoms with Gasteiger partial charge in [0.1, 0.15) is 0 Å². The van der Waals surface area contributed by atoms with Gasteiger partial charge in [-0.05, 0) is 33.7 Å². The smallest absolute Gasteiger partial charge is 0.328 e. The van der Waals surface area contributed by atoms with E-state index in [1.807, 2.05) is 14.0 Å². The standard InChI is InChI=1S/C12H23N3O4/c1-7(15(3)9-4-5-9)6-13-12(19)14-10(8(2)16)11(17)18/h7-10,16H,4-6H2,1-3H3,(H,17,18)(H2,13,14,19)/t7?,8-,10+/m1/s1. The summed E-state index contributed by atoms with van der Waals surface area (Å²) in [4.78, 5) is 24.6. The number of hydrogen-bond acceptors (Lipinski definition) is 4. The third-order valence-corrected chi connectivity index (χ3v) is 3.41. The van der Waals surface area contributed by atoms with E-state index in [1.54, 1.807) is 0 Å². The SMILES string of the molecule is CC(CNC(=O)N[C@H](C(=O)O)[C@@H](C)O)N(C)C1CC1. The van der Waals surface area contributed by atoms with Gasteiger partial charge in [-0.2, -0.15) is 0 Å². The number of aliphatic carboxylic acids is 1. The van der Waals surface area contributed by atoms with Crippen LogP contribution in [0.15, 0.2) is 0 Å². The van der Waals surface area contributed by atoms with Crippen LogP contribution >= 0.6 is 0 Å². The molecule has 1 saturated carbocycles. The monoisotopic (exact) mass is 273 g/mol. The van der Waals surface area contributed by atoms with Gasteiger partial charge in [0, 0.05) is 18.6 Å². The Morgan fingerprint density at radius 2 is 1.95 bits per heavy atom. The van der Waals surface area contributed by atoms with Crippen LogP contribution < -0.4 is 10.6 Å². The van der Waals surface area contributed by atoms with Crippen LogP contribution in [0.2, 0.25) is 0 Å². The molecule has 3 atom stereocenters. The van der Waals surface area contributed by atoms with Crippen molar-refractivity contribution in [1.82, 2.24) is 15.5 Å². The van der Waals surface area contributed by atoms with E-state index < -0.39 is 24.1 Å². The molecule has 19 heavy (non-hydrogen) atoms. The molecule has 0 spiro atoms. The summed E-state index contributed by atoms with van der Waals surface area (Å²) in [6.45, 7) is 3.76. The van der Waals surface area contributed by atoms with Crippen molar-refractivity contribution in [1.29, 1.82) is 0 Å². The summed E-state index contributed by atoms with van der Waals surface area (Å²) in [7, 11) is 2.01. The van der Waals surface area contributed by atoms with E-state index >= 15 is 0 Å². The van der Waals surface area contributed by atoms with Crippen LogP contribution in [0.4, 0.5) is 4.79 Å². The number of carbonyl (C=O) groups is 2. The lowest BCUT2D eigenvalue weighted by molar-refractivity contribution is -0.141. The fourth-order valence-corrected chi connectivity index (χ4v) is 1.81. The van der Waals surface area contributed by atoms with E-state index in [1.165, 1.54) is 19.8 Å². The lowest BCUT2D eigenvalue weighted by Gasteiger charge is -2.25. The van der Waals surface area contributed by atoms with Gasteiger partial charge in [0.05, 0.1) is 6.10 Å². The number of aliphatic hydroxyl groups is 1. The fourth-order valence-electron chi connectivity index (χ4n) is 1.81. The minimum Gasteiger partial charge on any atom is -0.480 e. The number of nitrogens with zero attached hydrogens (tertiary/aromatic N) is 1. The summed E-state index contributed by atoms with van der Waals surface area (Å²) in [5, 5.41) is 22.9. The van der Waals surface area contributed by atoms with Crippen LogP contribution in [-0.4, -0.2) is 64.9 Å². The molecule has 1 rings (SSSR count). The van der Waals surface area contributed by atoms with Gasteiger partial charge in [0.15, 0.2) is 6.04 Å². The highest BCUT2D eigenvalue weighted by Gasteiger charge is 2.29. The van der Waals surface area contributed by atoms with Crippen molar-refractivity contribution < 1.29 is 19.8 Å². The summed E-state index contributed by atoms with van der Waals surface area (Å²) in [6, 6.07) is -1.09. The maximum absolute atomic E-state index is 11.6. The average Bonchev–Trinajstić information content (AvgIpc) is 3.15. The molecule has 0 aromatic rings. The van der Waals surface area contributed by atoms with E-state index in [0.717, 1.165) is 0 Å². The molecule has 7 heteroatoms. The lowest BCUT2D eigenvalue weighted by atomic mass is 10.2. The summed E-state index contributed by atoms with van der Waals surface area (Å²) < 4.78 is 0. The topological polar surface area (TPSA) is 102 Å². The molecular formula is C12H23N3O4. The molecule has 0 bridgehead atoms. The number of aliphatic hydroxyl groups excluding tert-OH is 1. The van der Waals surface area contributed by atoms with Crippen molar-refractivity contribution in [2.75, 3.05) is 13.6 Å². The second-order valence-corrected chi connectivity index (χ2v) is 5.16. The zero-order valence-electron chi connectivity index (χ0n) is 11.6. The number of hydrogen-bond donors (Lipinski definition) is 4. The van der Waals surface area contributed by atoms with Gasteiger partial charge < -0.3 is 20.8 Å². The van der Waals surface area contributed by atoms with Crippen LogP contribution in [0.1, 0.15) is 26.7 Å². The van der Waals surface area contributed by atoms with Gasteiger partial charge in [-0.15, -0.1) is 0 Å². The van der Waals surface area contributed by atoms with Crippen molar-refractivity contribution in [3.8, 4) is 0 Å². The first-order chi connectivity index (χ1) is 8.82. The van der Waals surface area contributed by atoms with Gasteiger partial charge in [-0.3, -0.25) is 4.90 Å². The third kappa shape index (κ3) is 5.04. The molecule has 4 N–H and O–H groups in total. The molecule has 1 fully saturated rings. The first kappa shape index (κ1) is 15.7. The summed E-state index contributed by atoms with van der Waals surface area (Å²) in [6.07, 6.45) is 1.24. The van der Waals surface area contributed by atoms with Crippen LogP contribution in [-0.2, 0) is 4.79 Å². The minimum atomic E-state index is -1.29. The molecule has 110 valence electrons. The van der Waals surface area contributed by atoms with Crippen molar-refractivity contribution in [2.45, 2.75) is 50.9 Å². The predicted molar refractivity (Wildman–Crippen MR) is 69.9 cm³/mol. The number of carboxylic acid groups (broad SMARTS) is 1. The average molecular weight is 273 g/mol. The predicted octanol–water partition coefficient (Wildman–Crippen LogP) is -0.398. The van der Waals surface area contributed by atoms with Gasteiger partial charge in [0.25, 0.3) is 0 Å². The van der Waals surface area contributed by atoms with Crippen molar-refractivity contribution in [3.63, 3.8) is 0 Å². The maximum atomic E-state index is 11.6. The highest BCUT2D eigenvalue weighted by molar-refractivity contribution is 5.82. The summed E-state index contributed by atoms with van der Waals surface area (Å²) in [5.41, 5.74) is 0. The Balaban J connectivity index is 2.31. The molecule has 0 saturated heterocycles.